The summed E-state index contributed by atoms with van der Waals surface area (Å²) in [5.41, 5.74) is 5.52. The lowest BCUT2D eigenvalue weighted by molar-refractivity contribution is 0.104. The molecule has 1 fully saturated rings. The summed E-state index contributed by atoms with van der Waals surface area (Å²) in [5, 5.41) is 1.83. The summed E-state index contributed by atoms with van der Waals surface area (Å²) in [5.74, 6) is 0.0647. The smallest absolute Gasteiger partial charge is 0.195 e. The molecule has 200 valence electrons. The Balaban J connectivity index is 1.33. The molecule has 5 aromatic carbocycles. The maximum absolute atomic E-state index is 14.2. The van der Waals surface area contributed by atoms with E-state index in [-0.39, 0.29) is 5.78 Å². The zero-order valence-corrected chi connectivity index (χ0v) is 22.3. The number of halogens is 1. The Labute approximate surface area is 237 Å². The minimum absolute atomic E-state index is 0.174. The Bertz CT molecular complexity index is 1870. The number of nitrogens with zero attached hydrogens (tertiary/aromatic N) is 1. The quantitative estimate of drug-likeness (QED) is 0.235. The molecule has 4 nitrogen and oxygen atoms in total. The topological polar surface area (TPSA) is 38.8 Å². The third-order valence-electron chi connectivity index (χ3n) is 8.55. The maximum atomic E-state index is 14.2. The number of fused-ring (bicyclic) bond motifs is 8. The van der Waals surface area contributed by atoms with Crippen LogP contribution in [0, 0.1) is 5.82 Å². The number of ether oxygens (including phenoxy) is 2. The van der Waals surface area contributed by atoms with Gasteiger partial charge in [-0.3, -0.25) is 4.79 Å². The average Bonchev–Trinajstić information content (AvgIpc) is 3.33. The predicted molar refractivity (Wildman–Crippen MR) is 159 cm³/mol. The highest BCUT2D eigenvalue weighted by Crippen LogP contribution is 2.52. The van der Waals surface area contributed by atoms with Gasteiger partial charge in [0.15, 0.2) is 11.4 Å². The number of carbonyl (C=O) groups is 1. The molecule has 0 bridgehead atoms. The fourth-order valence-electron chi connectivity index (χ4n) is 6.57. The van der Waals surface area contributed by atoms with Crippen molar-refractivity contribution in [3.8, 4) is 16.9 Å². The van der Waals surface area contributed by atoms with E-state index >= 15 is 0 Å². The van der Waals surface area contributed by atoms with Crippen molar-refractivity contribution in [2.75, 3.05) is 31.2 Å². The van der Waals surface area contributed by atoms with Gasteiger partial charge in [-0.25, -0.2) is 4.39 Å². The lowest BCUT2D eigenvalue weighted by Crippen LogP contribution is -2.37. The molecule has 0 aromatic heterocycles. The molecule has 2 aliphatic heterocycles. The van der Waals surface area contributed by atoms with Crippen molar-refractivity contribution >= 4 is 28.3 Å². The van der Waals surface area contributed by atoms with Gasteiger partial charge in [-0.2, -0.15) is 0 Å². The highest BCUT2D eigenvalue weighted by atomic mass is 19.1. The Kier molecular flexibility index (Phi) is 5.38. The normalized spacial score (nSPS) is 19.0. The second-order valence-corrected chi connectivity index (χ2v) is 10.7. The molecule has 5 aromatic rings. The van der Waals surface area contributed by atoms with Gasteiger partial charge >= 0.3 is 0 Å². The first-order valence-electron chi connectivity index (χ1n) is 13.9. The van der Waals surface area contributed by atoms with E-state index in [4.69, 9.17) is 9.47 Å². The fourth-order valence-corrected chi connectivity index (χ4v) is 6.57. The van der Waals surface area contributed by atoms with E-state index in [1.54, 1.807) is 6.07 Å². The third-order valence-corrected chi connectivity index (χ3v) is 8.55. The second kappa shape index (κ2) is 9.15. The fraction of sp³-hybridized carbons (Fsp3) is 0.139. The van der Waals surface area contributed by atoms with Crippen LogP contribution < -0.4 is 9.64 Å². The van der Waals surface area contributed by atoms with Gasteiger partial charge in [0.25, 0.3) is 0 Å². The van der Waals surface area contributed by atoms with Crippen molar-refractivity contribution in [1.82, 2.24) is 0 Å². The minimum atomic E-state index is -0.907. The summed E-state index contributed by atoms with van der Waals surface area (Å²) in [6, 6.07) is 31.2. The van der Waals surface area contributed by atoms with Gasteiger partial charge in [0, 0.05) is 57.5 Å². The summed E-state index contributed by atoms with van der Waals surface area (Å²) in [4.78, 5) is 16.1. The summed E-state index contributed by atoms with van der Waals surface area (Å²) in [6.45, 7) is 3.19. The molecule has 0 spiro atoms. The zero-order valence-electron chi connectivity index (χ0n) is 22.3. The van der Waals surface area contributed by atoms with Crippen molar-refractivity contribution in [2.24, 2.45) is 0 Å². The molecule has 0 amide bonds. The van der Waals surface area contributed by atoms with Gasteiger partial charge in [0.05, 0.1) is 13.2 Å². The van der Waals surface area contributed by atoms with Crippen LogP contribution in [-0.4, -0.2) is 32.1 Å². The minimum Gasteiger partial charge on any atom is -0.472 e. The molecular weight excluding hydrogens is 513 g/mol. The predicted octanol–water partition coefficient (Wildman–Crippen LogP) is 7.38. The van der Waals surface area contributed by atoms with E-state index in [2.05, 4.69) is 47.4 Å². The monoisotopic (exact) mass is 539 g/mol. The van der Waals surface area contributed by atoms with Gasteiger partial charge < -0.3 is 14.4 Å². The molecule has 1 unspecified atom stereocenters. The number of ketones is 1. The average molecular weight is 540 g/mol. The van der Waals surface area contributed by atoms with E-state index in [0.29, 0.717) is 16.9 Å². The van der Waals surface area contributed by atoms with E-state index in [1.807, 2.05) is 48.5 Å². The van der Waals surface area contributed by atoms with E-state index in [1.165, 1.54) is 12.1 Å². The first kappa shape index (κ1) is 24.1. The molecule has 5 heteroatoms. The Morgan fingerprint density at radius 2 is 1.44 bits per heavy atom. The third kappa shape index (κ3) is 3.59. The first-order chi connectivity index (χ1) is 20.1. The van der Waals surface area contributed by atoms with Crippen LogP contribution >= 0.6 is 0 Å². The summed E-state index contributed by atoms with van der Waals surface area (Å²) in [6.07, 6.45) is 4.08. The van der Waals surface area contributed by atoms with Crippen LogP contribution in [-0.2, 0) is 10.3 Å². The Hall–Kier alpha value is -4.74. The van der Waals surface area contributed by atoms with Crippen LogP contribution in [0.25, 0.3) is 28.0 Å². The van der Waals surface area contributed by atoms with Gasteiger partial charge in [-0.15, -0.1) is 0 Å². The summed E-state index contributed by atoms with van der Waals surface area (Å²) >= 11 is 0. The van der Waals surface area contributed by atoms with E-state index in [0.717, 1.165) is 70.6 Å². The van der Waals surface area contributed by atoms with Crippen molar-refractivity contribution in [2.45, 2.75) is 5.60 Å². The highest BCUT2D eigenvalue weighted by molar-refractivity contribution is 6.28. The highest BCUT2D eigenvalue weighted by Gasteiger charge is 2.41. The second-order valence-electron chi connectivity index (χ2n) is 10.7. The number of carbonyl (C=O) groups excluding carboxylic acids is 1. The van der Waals surface area contributed by atoms with Gasteiger partial charge in [0.1, 0.15) is 11.6 Å². The van der Waals surface area contributed by atoms with Crippen molar-refractivity contribution in [3.63, 3.8) is 0 Å². The van der Waals surface area contributed by atoms with Gasteiger partial charge in [0.2, 0.25) is 0 Å². The van der Waals surface area contributed by atoms with Crippen LogP contribution in [0.15, 0.2) is 103 Å². The molecule has 3 aliphatic rings. The number of morpholine rings is 1. The Morgan fingerprint density at radius 1 is 0.732 bits per heavy atom. The molecule has 0 radical (unpaired) electrons. The summed E-state index contributed by atoms with van der Waals surface area (Å²) in [7, 11) is 0. The van der Waals surface area contributed by atoms with E-state index < -0.39 is 11.4 Å². The SMILES string of the molecule is O=C1c2cc(F)ccc2-c2c1c1c(c3ccccc23)OC(c2ccccc2)(c2ccc(N3CCOCC3)cc2)C=C1. The van der Waals surface area contributed by atoms with Crippen LogP contribution in [0.5, 0.6) is 5.75 Å². The molecule has 0 N–H and O–H groups in total. The number of hydrogen-bond acceptors (Lipinski definition) is 4. The number of benzene rings is 5. The standard InChI is InChI=1S/C36H26FNO3/c37-25-12-15-28-31(22-25)34(39)33-30-16-17-36(23-6-2-1-3-7-23,41-35(30)29-9-5-4-8-27(29)32(28)33)24-10-13-26(14-11-24)38-18-20-40-21-19-38/h1-17,22H,18-21H2. The lowest BCUT2D eigenvalue weighted by atomic mass is 9.82. The van der Waals surface area contributed by atoms with E-state index in [9.17, 15) is 9.18 Å². The molecule has 1 saturated heterocycles. The maximum Gasteiger partial charge on any atom is 0.195 e. The molecule has 41 heavy (non-hydrogen) atoms. The molecule has 8 rings (SSSR count). The molecule has 0 saturated carbocycles. The molecule has 2 heterocycles. The van der Waals surface area contributed by atoms with Crippen LogP contribution in [0.4, 0.5) is 10.1 Å². The van der Waals surface area contributed by atoms with Crippen molar-refractivity contribution < 1.29 is 18.7 Å². The summed E-state index contributed by atoms with van der Waals surface area (Å²) < 4.78 is 26.9. The molecule has 1 aliphatic carbocycles. The lowest BCUT2D eigenvalue weighted by Gasteiger charge is -2.37. The van der Waals surface area contributed by atoms with Crippen molar-refractivity contribution in [1.29, 1.82) is 0 Å². The Morgan fingerprint density at radius 3 is 2.22 bits per heavy atom. The molecule has 1 atom stereocenters. The number of hydrogen-bond donors (Lipinski definition) is 0. The van der Waals surface area contributed by atoms with Crippen LogP contribution in [0.1, 0.15) is 32.6 Å². The van der Waals surface area contributed by atoms with Gasteiger partial charge in [-0.05, 0) is 47.4 Å². The largest absolute Gasteiger partial charge is 0.472 e. The van der Waals surface area contributed by atoms with Crippen LogP contribution in [0.2, 0.25) is 0 Å². The zero-order chi connectivity index (χ0) is 27.6. The van der Waals surface area contributed by atoms with Crippen LogP contribution in [0.3, 0.4) is 0 Å². The van der Waals surface area contributed by atoms with Crippen molar-refractivity contribution in [3.05, 3.63) is 137 Å². The number of rotatable bonds is 3. The first-order valence-corrected chi connectivity index (χ1v) is 13.9. The molecular formula is C36H26FNO3. The van der Waals surface area contributed by atoms with Gasteiger partial charge in [-0.1, -0.05) is 72.8 Å². The number of anilines is 1.